The molecule has 1 fully saturated rings. The topological polar surface area (TPSA) is 38.1 Å². The van der Waals surface area contributed by atoms with E-state index in [4.69, 9.17) is 4.98 Å². The van der Waals surface area contributed by atoms with E-state index in [9.17, 15) is 4.79 Å². The van der Waals surface area contributed by atoms with E-state index in [-0.39, 0.29) is 5.91 Å². The second kappa shape index (κ2) is 7.09. The molecule has 25 heavy (non-hydrogen) atoms. The fourth-order valence-corrected chi connectivity index (χ4v) is 3.63. The minimum absolute atomic E-state index is 0.256. The second-order valence-corrected chi connectivity index (χ2v) is 6.63. The Labute approximate surface area is 148 Å². The van der Waals surface area contributed by atoms with Gasteiger partial charge < -0.3 is 4.90 Å². The highest BCUT2D eigenvalue weighted by Gasteiger charge is 2.18. The average molecular weight is 333 g/mol. The molecule has 0 saturated carbocycles. The number of aryl methyl sites for hydroxylation is 1. The number of hydrogen-bond acceptors (Lipinski definition) is 2. The van der Waals surface area contributed by atoms with Gasteiger partial charge in [0.1, 0.15) is 5.82 Å². The van der Waals surface area contributed by atoms with Gasteiger partial charge in [-0.2, -0.15) is 0 Å². The van der Waals surface area contributed by atoms with Crippen LogP contribution in [-0.2, 0) is 11.2 Å². The molecule has 4 heteroatoms. The first kappa shape index (κ1) is 15.9. The van der Waals surface area contributed by atoms with E-state index in [1.807, 2.05) is 41.3 Å². The van der Waals surface area contributed by atoms with E-state index in [0.29, 0.717) is 12.8 Å². The molecule has 1 aliphatic heterocycles. The third kappa shape index (κ3) is 3.29. The number of carbonyl (C=O) groups excluding carboxylic acids is 1. The van der Waals surface area contributed by atoms with Gasteiger partial charge in [0.25, 0.3) is 0 Å². The fourth-order valence-electron chi connectivity index (χ4n) is 3.63. The van der Waals surface area contributed by atoms with E-state index in [1.54, 1.807) is 0 Å². The van der Waals surface area contributed by atoms with E-state index in [0.717, 1.165) is 48.5 Å². The largest absolute Gasteiger partial charge is 0.343 e. The van der Waals surface area contributed by atoms with Crippen molar-refractivity contribution >= 4 is 16.9 Å². The zero-order valence-corrected chi connectivity index (χ0v) is 14.4. The maximum Gasteiger partial charge on any atom is 0.223 e. The monoisotopic (exact) mass is 333 g/mol. The number of amides is 1. The van der Waals surface area contributed by atoms with Crippen molar-refractivity contribution in [1.82, 2.24) is 14.5 Å². The van der Waals surface area contributed by atoms with Crippen molar-refractivity contribution in [3.8, 4) is 5.69 Å². The number of likely N-dealkylation sites (tertiary alicyclic amines) is 1. The number of nitrogens with zero attached hydrogens (tertiary/aromatic N) is 3. The molecule has 2 aromatic carbocycles. The predicted molar refractivity (Wildman–Crippen MR) is 99.8 cm³/mol. The summed E-state index contributed by atoms with van der Waals surface area (Å²) < 4.78 is 2.18. The van der Waals surface area contributed by atoms with Crippen molar-refractivity contribution in [2.24, 2.45) is 0 Å². The Kier molecular flexibility index (Phi) is 4.51. The number of hydrogen-bond donors (Lipinski definition) is 0. The quantitative estimate of drug-likeness (QED) is 0.724. The van der Waals surface area contributed by atoms with Crippen LogP contribution in [0.1, 0.15) is 31.5 Å². The SMILES string of the molecule is O=C(CCc1nc2ccccc2n1-c1ccccc1)N1CCCCC1. The maximum atomic E-state index is 12.5. The zero-order chi connectivity index (χ0) is 17.1. The maximum absolute atomic E-state index is 12.5. The molecule has 3 aromatic rings. The Morgan fingerprint density at radius 2 is 1.64 bits per heavy atom. The molecule has 0 spiro atoms. The summed E-state index contributed by atoms with van der Waals surface area (Å²) in [6, 6.07) is 18.4. The van der Waals surface area contributed by atoms with Crippen LogP contribution in [0.5, 0.6) is 0 Å². The average Bonchev–Trinajstić information content (AvgIpc) is 3.06. The number of benzene rings is 2. The Bertz CT molecular complexity index is 863. The molecule has 0 bridgehead atoms. The van der Waals surface area contributed by atoms with Crippen LogP contribution < -0.4 is 0 Å². The minimum atomic E-state index is 0.256. The van der Waals surface area contributed by atoms with Crippen LogP contribution >= 0.6 is 0 Å². The summed E-state index contributed by atoms with van der Waals surface area (Å²) in [5.74, 6) is 1.21. The first-order valence-corrected chi connectivity index (χ1v) is 9.12. The molecule has 1 amide bonds. The van der Waals surface area contributed by atoms with Gasteiger partial charge >= 0.3 is 0 Å². The highest BCUT2D eigenvalue weighted by molar-refractivity contribution is 5.79. The van der Waals surface area contributed by atoms with Crippen LogP contribution in [-0.4, -0.2) is 33.4 Å². The minimum Gasteiger partial charge on any atom is -0.343 e. The summed E-state index contributed by atoms with van der Waals surface area (Å²) in [4.78, 5) is 19.3. The first-order valence-electron chi connectivity index (χ1n) is 9.12. The Balaban J connectivity index is 1.61. The molecule has 0 N–H and O–H groups in total. The lowest BCUT2D eigenvalue weighted by Crippen LogP contribution is -2.35. The lowest BCUT2D eigenvalue weighted by Gasteiger charge is -2.26. The third-order valence-corrected chi connectivity index (χ3v) is 4.92. The first-order chi connectivity index (χ1) is 12.3. The van der Waals surface area contributed by atoms with Crippen molar-refractivity contribution < 1.29 is 4.79 Å². The Morgan fingerprint density at radius 1 is 0.920 bits per heavy atom. The van der Waals surface area contributed by atoms with Gasteiger partial charge in [-0.25, -0.2) is 4.98 Å². The molecule has 2 heterocycles. The van der Waals surface area contributed by atoms with Crippen LogP contribution in [0.25, 0.3) is 16.7 Å². The smallest absolute Gasteiger partial charge is 0.223 e. The summed E-state index contributed by atoms with van der Waals surface area (Å²) in [5, 5.41) is 0. The van der Waals surface area contributed by atoms with Gasteiger partial charge in [-0.15, -0.1) is 0 Å². The van der Waals surface area contributed by atoms with Gasteiger partial charge in [0.15, 0.2) is 0 Å². The molecule has 4 nitrogen and oxygen atoms in total. The molecule has 4 rings (SSSR count). The molecular formula is C21H23N3O. The standard InChI is InChI=1S/C21H23N3O/c25-21(23-15-7-2-8-16-23)14-13-20-22-18-11-5-6-12-19(18)24(20)17-9-3-1-4-10-17/h1,3-6,9-12H,2,7-8,13-16H2. The summed E-state index contributed by atoms with van der Waals surface area (Å²) >= 11 is 0. The summed E-state index contributed by atoms with van der Waals surface area (Å²) in [6.07, 6.45) is 4.70. The summed E-state index contributed by atoms with van der Waals surface area (Å²) in [5.41, 5.74) is 3.16. The van der Waals surface area contributed by atoms with Crippen LogP contribution in [0.3, 0.4) is 0 Å². The van der Waals surface area contributed by atoms with E-state index < -0.39 is 0 Å². The van der Waals surface area contributed by atoms with Crippen LogP contribution in [0, 0.1) is 0 Å². The molecule has 0 radical (unpaired) electrons. The summed E-state index contributed by atoms with van der Waals surface area (Å²) in [6.45, 7) is 1.82. The molecule has 1 aromatic heterocycles. The number of imidazole rings is 1. The molecular weight excluding hydrogens is 310 g/mol. The number of carbonyl (C=O) groups is 1. The highest BCUT2D eigenvalue weighted by Crippen LogP contribution is 2.22. The number of rotatable bonds is 4. The summed E-state index contributed by atoms with van der Waals surface area (Å²) in [7, 11) is 0. The Morgan fingerprint density at radius 3 is 2.44 bits per heavy atom. The van der Waals surface area contributed by atoms with Gasteiger partial charge in [0.05, 0.1) is 11.0 Å². The van der Waals surface area contributed by atoms with Crippen LogP contribution in [0.2, 0.25) is 0 Å². The number of para-hydroxylation sites is 3. The van der Waals surface area contributed by atoms with Gasteiger partial charge in [-0.3, -0.25) is 9.36 Å². The van der Waals surface area contributed by atoms with Crippen molar-refractivity contribution in [3.05, 3.63) is 60.4 Å². The molecule has 1 aliphatic rings. The zero-order valence-electron chi connectivity index (χ0n) is 14.4. The Hall–Kier alpha value is -2.62. The predicted octanol–water partition coefficient (Wildman–Crippen LogP) is 3.97. The van der Waals surface area contributed by atoms with Gasteiger partial charge in [0, 0.05) is 31.6 Å². The molecule has 1 saturated heterocycles. The highest BCUT2D eigenvalue weighted by atomic mass is 16.2. The molecule has 0 unspecified atom stereocenters. The van der Waals surface area contributed by atoms with E-state index in [1.165, 1.54) is 6.42 Å². The van der Waals surface area contributed by atoms with E-state index in [2.05, 4.69) is 22.8 Å². The van der Waals surface area contributed by atoms with Crippen molar-refractivity contribution in [1.29, 1.82) is 0 Å². The van der Waals surface area contributed by atoms with Crippen molar-refractivity contribution in [2.45, 2.75) is 32.1 Å². The number of piperidine rings is 1. The van der Waals surface area contributed by atoms with Crippen LogP contribution in [0.4, 0.5) is 0 Å². The normalized spacial score (nSPS) is 14.8. The molecule has 0 atom stereocenters. The van der Waals surface area contributed by atoms with Crippen molar-refractivity contribution in [2.75, 3.05) is 13.1 Å². The van der Waals surface area contributed by atoms with Gasteiger partial charge in [0.2, 0.25) is 5.91 Å². The number of aromatic nitrogens is 2. The molecule has 128 valence electrons. The van der Waals surface area contributed by atoms with E-state index >= 15 is 0 Å². The van der Waals surface area contributed by atoms with Crippen molar-refractivity contribution in [3.63, 3.8) is 0 Å². The third-order valence-electron chi connectivity index (χ3n) is 4.92. The fraction of sp³-hybridized carbons (Fsp3) is 0.333. The number of fused-ring (bicyclic) bond motifs is 1. The lowest BCUT2D eigenvalue weighted by molar-refractivity contribution is -0.132. The van der Waals surface area contributed by atoms with Gasteiger partial charge in [-0.1, -0.05) is 30.3 Å². The lowest BCUT2D eigenvalue weighted by atomic mass is 10.1. The second-order valence-electron chi connectivity index (χ2n) is 6.63. The van der Waals surface area contributed by atoms with Gasteiger partial charge in [-0.05, 0) is 43.5 Å². The van der Waals surface area contributed by atoms with Crippen LogP contribution in [0.15, 0.2) is 54.6 Å². The molecule has 0 aliphatic carbocycles.